The second kappa shape index (κ2) is 13.5. The van der Waals surface area contributed by atoms with Gasteiger partial charge >= 0.3 is 12.3 Å². The van der Waals surface area contributed by atoms with Crippen LogP contribution in [-0.2, 0) is 16.1 Å². The topological polar surface area (TPSA) is 38.8 Å². The maximum absolute atomic E-state index is 13.4. The van der Waals surface area contributed by atoms with Crippen molar-refractivity contribution >= 4 is 5.97 Å². The van der Waals surface area contributed by atoms with Crippen molar-refractivity contribution in [3.63, 3.8) is 0 Å². The van der Waals surface area contributed by atoms with Gasteiger partial charge in [-0.05, 0) is 60.7 Å². The van der Waals surface area contributed by atoms with Crippen LogP contribution in [0.2, 0.25) is 0 Å². The highest BCUT2D eigenvalue weighted by Gasteiger charge is 2.34. The number of benzene rings is 4. The zero-order chi connectivity index (χ0) is 29.4. The fourth-order valence-electron chi connectivity index (χ4n) is 5.09. The summed E-state index contributed by atoms with van der Waals surface area (Å²) in [4.78, 5) is 15.2. The van der Waals surface area contributed by atoms with Crippen molar-refractivity contribution in [2.45, 2.75) is 52.2 Å². The molecule has 0 fully saturated rings. The average Bonchev–Trinajstić information content (AvgIpc) is 2.95. The van der Waals surface area contributed by atoms with Crippen LogP contribution in [0.5, 0.6) is 5.75 Å². The molecule has 0 aliphatic rings. The highest BCUT2D eigenvalue weighted by molar-refractivity contribution is 5.75. The third kappa shape index (κ3) is 7.98. The lowest BCUT2D eigenvalue weighted by Gasteiger charge is -2.37. The molecule has 0 aliphatic heterocycles. The van der Waals surface area contributed by atoms with Gasteiger partial charge in [-0.2, -0.15) is 0 Å². The Morgan fingerprint density at radius 1 is 0.829 bits per heavy atom. The van der Waals surface area contributed by atoms with Crippen molar-refractivity contribution in [1.29, 1.82) is 0 Å². The number of carbonyl (C=O) groups excluding carboxylic acids is 1. The van der Waals surface area contributed by atoms with Gasteiger partial charge in [-0.15, -0.1) is 13.2 Å². The van der Waals surface area contributed by atoms with E-state index in [1.807, 2.05) is 79.7 Å². The smallest absolute Gasteiger partial charge is 0.466 e. The number of esters is 1. The summed E-state index contributed by atoms with van der Waals surface area (Å²) < 4.78 is 50.1. The van der Waals surface area contributed by atoms with Gasteiger partial charge in [0.1, 0.15) is 5.75 Å². The van der Waals surface area contributed by atoms with Gasteiger partial charge in [0, 0.05) is 24.2 Å². The number of hydrogen-bond acceptors (Lipinski definition) is 4. The molecule has 0 spiro atoms. The summed E-state index contributed by atoms with van der Waals surface area (Å²) in [6, 6.07) is 31.1. The quantitative estimate of drug-likeness (QED) is 0.172. The first-order chi connectivity index (χ1) is 19.7. The lowest BCUT2D eigenvalue weighted by Crippen LogP contribution is -2.33. The number of rotatable bonds is 11. The van der Waals surface area contributed by atoms with Gasteiger partial charge in [0.05, 0.1) is 13.0 Å². The standard InChI is InChI=1S/C34H34F3NO3/c1-4-40-33(39)22-31(38(23-26-14-7-5-8-15-26)25(3)27-16-9-6-10-17-27)28-19-20-32(41-34(35,36)37)30(21-28)29-18-12-11-13-24(29)2/h5-21,25,31H,4,22-23H2,1-3H3/t25-,31+/m1/s1. The van der Waals surface area contributed by atoms with Crippen molar-refractivity contribution in [2.24, 2.45) is 0 Å². The Morgan fingerprint density at radius 3 is 2.10 bits per heavy atom. The van der Waals surface area contributed by atoms with Crippen LogP contribution in [0.1, 0.15) is 54.6 Å². The number of halogens is 3. The van der Waals surface area contributed by atoms with Crippen LogP contribution in [0.4, 0.5) is 13.2 Å². The van der Waals surface area contributed by atoms with Crippen LogP contribution in [0, 0.1) is 6.92 Å². The molecule has 4 rings (SSSR count). The Labute approximate surface area is 239 Å². The zero-order valence-corrected chi connectivity index (χ0v) is 23.4. The molecule has 7 heteroatoms. The molecular weight excluding hydrogens is 527 g/mol. The van der Waals surface area contributed by atoms with Gasteiger partial charge in [0.2, 0.25) is 0 Å². The van der Waals surface area contributed by atoms with Crippen LogP contribution in [0.3, 0.4) is 0 Å². The molecule has 4 nitrogen and oxygen atoms in total. The summed E-state index contributed by atoms with van der Waals surface area (Å²) in [7, 11) is 0. The van der Waals surface area contributed by atoms with Crippen molar-refractivity contribution < 1.29 is 27.4 Å². The molecule has 214 valence electrons. The Bertz CT molecular complexity index is 1420. The van der Waals surface area contributed by atoms with E-state index in [0.717, 1.165) is 16.7 Å². The summed E-state index contributed by atoms with van der Waals surface area (Å²) >= 11 is 0. The summed E-state index contributed by atoms with van der Waals surface area (Å²) in [5.41, 5.74) is 4.50. The predicted molar refractivity (Wildman–Crippen MR) is 154 cm³/mol. The van der Waals surface area contributed by atoms with E-state index in [2.05, 4.69) is 16.6 Å². The minimum atomic E-state index is -4.86. The normalized spacial score (nSPS) is 13.0. The van der Waals surface area contributed by atoms with E-state index < -0.39 is 12.4 Å². The number of hydrogen-bond donors (Lipinski definition) is 0. The first-order valence-electron chi connectivity index (χ1n) is 13.6. The Balaban J connectivity index is 1.88. The molecule has 4 aromatic rings. The van der Waals surface area contributed by atoms with Gasteiger partial charge in [-0.3, -0.25) is 9.69 Å². The first kappa shape index (κ1) is 29.9. The zero-order valence-electron chi connectivity index (χ0n) is 23.4. The van der Waals surface area contributed by atoms with E-state index in [0.29, 0.717) is 23.2 Å². The number of aryl methyl sites for hydroxylation is 1. The van der Waals surface area contributed by atoms with Crippen molar-refractivity contribution in [3.8, 4) is 16.9 Å². The molecule has 0 amide bonds. The second-order valence-electron chi connectivity index (χ2n) is 9.89. The molecule has 0 bridgehead atoms. The first-order valence-corrected chi connectivity index (χ1v) is 13.6. The van der Waals surface area contributed by atoms with E-state index >= 15 is 0 Å². The molecule has 4 aromatic carbocycles. The molecule has 0 aliphatic carbocycles. The van der Waals surface area contributed by atoms with Crippen molar-refractivity contribution in [3.05, 3.63) is 125 Å². The Hall–Kier alpha value is -4.10. The van der Waals surface area contributed by atoms with Gasteiger partial charge in [-0.25, -0.2) is 0 Å². The van der Waals surface area contributed by atoms with Crippen LogP contribution < -0.4 is 4.74 Å². The number of nitrogens with zero attached hydrogens (tertiary/aromatic N) is 1. The van der Waals surface area contributed by atoms with Gasteiger partial charge in [0.25, 0.3) is 0 Å². The second-order valence-corrected chi connectivity index (χ2v) is 9.89. The highest BCUT2D eigenvalue weighted by Crippen LogP contribution is 2.41. The maximum atomic E-state index is 13.4. The number of alkyl halides is 3. The molecule has 0 radical (unpaired) electrons. The lowest BCUT2D eigenvalue weighted by atomic mass is 9.92. The number of ether oxygens (including phenoxy) is 2. The van der Waals surface area contributed by atoms with E-state index in [4.69, 9.17) is 4.74 Å². The summed E-state index contributed by atoms with van der Waals surface area (Å²) in [5, 5.41) is 0. The highest BCUT2D eigenvalue weighted by atomic mass is 19.4. The molecule has 0 saturated heterocycles. The van der Waals surface area contributed by atoms with Crippen molar-refractivity contribution in [2.75, 3.05) is 6.61 Å². The van der Waals surface area contributed by atoms with Crippen molar-refractivity contribution in [1.82, 2.24) is 4.90 Å². The molecule has 2 atom stereocenters. The van der Waals surface area contributed by atoms with Crippen LogP contribution in [0.25, 0.3) is 11.1 Å². The summed E-state index contributed by atoms with van der Waals surface area (Å²) in [6.45, 7) is 6.39. The van der Waals surface area contributed by atoms with E-state index in [1.54, 1.807) is 31.2 Å². The molecule has 0 unspecified atom stereocenters. The van der Waals surface area contributed by atoms with E-state index in [1.165, 1.54) is 6.07 Å². The average molecular weight is 562 g/mol. The Morgan fingerprint density at radius 2 is 1.46 bits per heavy atom. The molecule has 0 aromatic heterocycles. The van der Waals surface area contributed by atoms with Gasteiger partial charge < -0.3 is 9.47 Å². The molecule has 0 heterocycles. The molecule has 0 saturated carbocycles. The van der Waals surface area contributed by atoms with Gasteiger partial charge in [-0.1, -0.05) is 91.0 Å². The molecular formula is C34H34F3NO3. The Kier molecular flexibility index (Phi) is 9.84. The summed E-state index contributed by atoms with van der Waals surface area (Å²) in [5.74, 6) is -0.681. The van der Waals surface area contributed by atoms with Crippen LogP contribution >= 0.6 is 0 Å². The fourth-order valence-corrected chi connectivity index (χ4v) is 5.09. The largest absolute Gasteiger partial charge is 0.573 e. The number of carbonyl (C=O) groups is 1. The minimum absolute atomic E-state index is 0.0184. The monoisotopic (exact) mass is 561 g/mol. The van der Waals surface area contributed by atoms with Crippen LogP contribution in [0.15, 0.2) is 103 Å². The van der Waals surface area contributed by atoms with Crippen LogP contribution in [-0.4, -0.2) is 23.8 Å². The van der Waals surface area contributed by atoms with Gasteiger partial charge in [0.15, 0.2) is 0 Å². The predicted octanol–water partition coefficient (Wildman–Crippen LogP) is 8.82. The third-order valence-corrected chi connectivity index (χ3v) is 7.10. The fraction of sp³-hybridized carbons (Fsp3) is 0.265. The molecule has 41 heavy (non-hydrogen) atoms. The van der Waals surface area contributed by atoms with E-state index in [9.17, 15) is 18.0 Å². The maximum Gasteiger partial charge on any atom is 0.573 e. The van der Waals surface area contributed by atoms with E-state index in [-0.39, 0.29) is 30.8 Å². The lowest BCUT2D eigenvalue weighted by molar-refractivity contribution is -0.274. The molecule has 0 N–H and O–H groups in total. The third-order valence-electron chi connectivity index (χ3n) is 7.10. The summed E-state index contributed by atoms with van der Waals surface area (Å²) in [6.07, 6.45) is -4.84. The minimum Gasteiger partial charge on any atom is -0.466 e. The SMILES string of the molecule is CCOC(=O)C[C@@H](c1ccc(OC(F)(F)F)c(-c2ccccc2C)c1)N(Cc1ccccc1)[C@H](C)c1ccccc1.